The van der Waals surface area contributed by atoms with Crippen LogP contribution in [-0.4, -0.2) is 46.0 Å². The Morgan fingerprint density at radius 3 is 2.97 bits per heavy atom. The van der Waals surface area contributed by atoms with Crippen molar-refractivity contribution in [1.29, 1.82) is 0 Å². The molecule has 0 aliphatic carbocycles. The predicted octanol–water partition coefficient (Wildman–Crippen LogP) is 2.78. The Hall–Kier alpha value is -3.26. The second-order valence-electron chi connectivity index (χ2n) is 7.32. The molecule has 0 bridgehead atoms. The molecule has 3 aromatic heterocycles. The molecule has 8 nitrogen and oxygen atoms in total. The molecular formula is C21H21N5O3. The maximum absolute atomic E-state index is 13.1. The standard InChI is InChI=1S/C21H21N5O3/c1-13-7-17(14-8-16(28-2)10-22-9-14)23-18-11-25(21(27)20(13)18)19-3-5-26(24-19)15-4-6-29-12-15/h3,5,7-10,15H,4,6,11-12H2,1-2H3/t15-/m0/s1. The number of aryl methyl sites for hydroxylation is 1. The molecule has 8 heteroatoms. The first-order chi connectivity index (χ1) is 14.1. The molecule has 0 radical (unpaired) electrons. The monoisotopic (exact) mass is 391 g/mol. The summed E-state index contributed by atoms with van der Waals surface area (Å²) in [4.78, 5) is 23.7. The van der Waals surface area contributed by atoms with Gasteiger partial charge in [-0.3, -0.25) is 24.3 Å². The first kappa shape index (κ1) is 17.8. The third kappa shape index (κ3) is 3.05. The fraction of sp³-hybridized carbons (Fsp3) is 0.333. The molecule has 148 valence electrons. The first-order valence-corrected chi connectivity index (χ1v) is 9.59. The number of carbonyl (C=O) groups is 1. The number of ether oxygens (including phenoxy) is 2. The van der Waals surface area contributed by atoms with Crippen LogP contribution in [0.5, 0.6) is 5.75 Å². The summed E-state index contributed by atoms with van der Waals surface area (Å²) in [6.07, 6.45) is 6.25. The minimum absolute atomic E-state index is 0.0618. The van der Waals surface area contributed by atoms with Crippen molar-refractivity contribution in [2.24, 2.45) is 0 Å². The van der Waals surface area contributed by atoms with E-state index in [0.717, 1.165) is 35.5 Å². The largest absolute Gasteiger partial charge is 0.495 e. The first-order valence-electron chi connectivity index (χ1n) is 9.59. The molecule has 5 rings (SSSR count). The minimum atomic E-state index is -0.0618. The molecule has 1 fully saturated rings. The summed E-state index contributed by atoms with van der Waals surface area (Å²) in [5.74, 6) is 1.25. The van der Waals surface area contributed by atoms with E-state index in [0.29, 0.717) is 30.3 Å². The fourth-order valence-electron chi connectivity index (χ4n) is 3.91. The van der Waals surface area contributed by atoms with Crippen molar-refractivity contribution in [2.45, 2.75) is 25.9 Å². The molecule has 3 aromatic rings. The SMILES string of the molecule is COc1cncc(-c2cc(C)c3c(n2)CN(c2ccn([C@H]4CCOC4)n2)C3=O)c1. The van der Waals surface area contributed by atoms with Gasteiger partial charge in [0.05, 0.1) is 49.5 Å². The van der Waals surface area contributed by atoms with E-state index in [1.807, 2.05) is 36.0 Å². The van der Waals surface area contributed by atoms with Crippen molar-refractivity contribution >= 4 is 11.7 Å². The Kier molecular flexibility index (Phi) is 4.28. The lowest BCUT2D eigenvalue weighted by Crippen LogP contribution is -2.24. The number of aromatic nitrogens is 4. The second-order valence-corrected chi connectivity index (χ2v) is 7.32. The van der Waals surface area contributed by atoms with Crippen molar-refractivity contribution < 1.29 is 14.3 Å². The van der Waals surface area contributed by atoms with Gasteiger partial charge < -0.3 is 9.47 Å². The van der Waals surface area contributed by atoms with E-state index >= 15 is 0 Å². The average Bonchev–Trinajstić information content (AvgIpc) is 3.47. The predicted molar refractivity (Wildman–Crippen MR) is 106 cm³/mol. The van der Waals surface area contributed by atoms with Crippen molar-refractivity contribution in [1.82, 2.24) is 19.7 Å². The van der Waals surface area contributed by atoms with E-state index in [2.05, 4.69) is 10.1 Å². The highest BCUT2D eigenvalue weighted by atomic mass is 16.5. The third-order valence-electron chi connectivity index (χ3n) is 5.45. The van der Waals surface area contributed by atoms with Gasteiger partial charge in [-0.2, -0.15) is 5.10 Å². The van der Waals surface area contributed by atoms with Crippen molar-refractivity contribution in [3.63, 3.8) is 0 Å². The normalized spacial score (nSPS) is 18.3. The Balaban J connectivity index is 1.46. The summed E-state index contributed by atoms with van der Waals surface area (Å²) in [7, 11) is 1.61. The summed E-state index contributed by atoms with van der Waals surface area (Å²) in [6, 6.07) is 5.92. The Labute approximate surface area is 168 Å². The highest BCUT2D eigenvalue weighted by molar-refractivity contribution is 6.10. The van der Waals surface area contributed by atoms with E-state index in [9.17, 15) is 4.79 Å². The number of nitrogens with zero attached hydrogens (tertiary/aromatic N) is 5. The molecule has 0 spiro atoms. The van der Waals surface area contributed by atoms with Gasteiger partial charge in [-0.15, -0.1) is 0 Å². The number of hydrogen-bond donors (Lipinski definition) is 0. The lowest BCUT2D eigenvalue weighted by molar-refractivity contribution is 0.0995. The van der Waals surface area contributed by atoms with Gasteiger partial charge in [0.2, 0.25) is 0 Å². The van der Waals surface area contributed by atoms with Gasteiger partial charge in [-0.05, 0) is 31.0 Å². The number of pyridine rings is 2. The second kappa shape index (κ2) is 6.97. The highest BCUT2D eigenvalue weighted by Gasteiger charge is 2.33. The van der Waals surface area contributed by atoms with E-state index < -0.39 is 0 Å². The van der Waals surface area contributed by atoms with Gasteiger partial charge in [0.15, 0.2) is 5.82 Å². The zero-order valence-corrected chi connectivity index (χ0v) is 16.3. The molecular weight excluding hydrogens is 370 g/mol. The number of carbonyl (C=O) groups excluding carboxylic acids is 1. The summed E-state index contributed by atoms with van der Waals surface area (Å²) in [5.41, 5.74) is 3.93. The Bertz CT molecular complexity index is 1090. The maximum Gasteiger partial charge on any atom is 0.262 e. The quantitative estimate of drug-likeness (QED) is 0.680. The van der Waals surface area contributed by atoms with Crippen LogP contribution in [0.2, 0.25) is 0 Å². The minimum Gasteiger partial charge on any atom is -0.495 e. The van der Waals surface area contributed by atoms with Crippen LogP contribution in [0.15, 0.2) is 36.8 Å². The van der Waals surface area contributed by atoms with Crippen LogP contribution < -0.4 is 9.64 Å². The van der Waals surface area contributed by atoms with E-state index in [1.54, 1.807) is 24.4 Å². The summed E-state index contributed by atoms with van der Waals surface area (Å²) < 4.78 is 12.6. The molecule has 2 aliphatic rings. The maximum atomic E-state index is 13.1. The Morgan fingerprint density at radius 1 is 1.28 bits per heavy atom. The number of methoxy groups -OCH3 is 1. The third-order valence-corrected chi connectivity index (χ3v) is 5.45. The molecule has 0 saturated carbocycles. The van der Waals surface area contributed by atoms with Gasteiger partial charge in [0.25, 0.3) is 5.91 Å². The summed E-state index contributed by atoms with van der Waals surface area (Å²) in [5, 5.41) is 4.63. The molecule has 1 amide bonds. The summed E-state index contributed by atoms with van der Waals surface area (Å²) >= 11 is 0. The number of fused-ring (bicyclic) bond motifs is 1. The van der Waals surface area contributed by atoms with Crippen LogP contribution in [0.4, 0.5) is 5.82 Å². The number of amides is 1. The molecule has 5 heterocycles. The summed E-state index contributed by atoms with van der Waals surface area (Å²) in [6.45, 7) is 3.75. The van der Waals surface area contributed by atoms with Crippen LogP contribution in [-0.2, 0) is 11.3 Å². The van der Waals surface area contributed by atoms with Crippen molar-refractivity contribution in [3.05, 3.63) is 53.6 Å². The van der Waals surface area contributed by atoms with E-state index in [4.69, 9.17) is 14.5 Å². The Morgan fingerprint density at radius 2 is 2.17 bits per heavy atom. The van der Waals surface area contributed by atoms with Gasteiger partial charge in [-0.25, -0.2) is 0 Å². The van der Waals surface area contributed by atoms with Gasteiger partial charge in [0.1, 0.15) is 5.75 Å². The van der Waals surface area contributed by atoms with Crippen LogP contribution in [0.25, 0.3) is 11.3 Å². The van der Waals surface area contributed by atoms with E-state index in [1.165, 1.54) is 0 Å². The average molecular weight is 391 g/mol. The van der Waals surface area contributed by atoms with Crippen molar-refractivity contribution in [3.8, 4) is 17.0 Å². The molecule has 1 atom stereocenters. The molecule has 1 saturated heterocycles. The zero-order chi connectivity index (χ0) is 20.0. The zero-order valence-electron chi connectivity index (χ0n) is 16.3. The topological polar surface area (TPSA) is 82.4 Å². The number of rotatable bonds is 4. The van der Waals surface area contributed by atoms with Gasteiger partial charge in [0, 0.05) is 30.6 Å². The molecule has 0 aromatic carbocycles. The molecule has 0 unspecified atom stereocenters. The van der Waals surface area contributed by atoms with E-state index in [-0.39, 0.29) is 11.9 Å². The van der Waals surface area contributed by atoms with Gasteiger partial charge >= 0.3 is 0 Å². The molecule has 0 N–H and O–H groups in total. The fourth-order valence-corrected chi connectivity index (χ4v) is 3.91. The van der Waals surface area contributed by atoms with Crippen molar-refractivity contribution in [2.75, 3.05) is 25.2 Å². The van der Waals surface area contributed by atoms with Crippen LogP contribution in [0, 0.1) is 6.92 Å². The van der Waals surface area contributed by atoms with Crippen LogP contribution in [0.3, 0.4) is 0 Å². The van der Waals surface area contributed by atoms with Crippen LogP contribution in [0.1, 0.15) is 34.1 Å². The smallest absolute Gasteiger partial charge is 0.262 e. The lowest BCUT2D eigenvalue weighted by atomic mass is 10.1. The number of anilines is 1. The van der Waals surface area contributed by atoms with Gasteiger partial charge in [-0.1, -0.05) is 0 Å². The molecule has 29 heavy (non-hydrogen) atoms. The lowest BCUT2D eigenvalue weighted by Gasteiger charge is -2.12. The highest BCUT2D eigenvalue weighted by Crippen LogP contribution is 2.32. The van der Waals surface area contributed by atoms with Crippen LogP contribution >= 0.6 is 0 Å². The number of hydrogen-bond acceptors (Lipinski definition) is 6. The molecule has 2 aliphatic heterocycles.